The molecule has 2 saturated heterocycles. The highest BCUT2D eigenvalue weighted by molar-refractivity contribution is 5.79. The van der Waals surface area contributed by atoms with Crippen molar-refractivity contribution in [2.75, 3.05) is 39.3 Å². The highest BCUT2D eigenvalue weighted by Gasteiger charge is 2.30. The Morgan fingerprint density at radius 1 is 1.26 bits per heavy atom. The molecule has 0 radical (unpaired) electrons. The van der Waals surface area contributed by atoms with Crippen molar-refractivity contribution >= 4 is 5.91 Å². The average Bonchev–Trinajstić information content (AvgIpc) is 2.38. The quantitative estimate of drug-likeness (QED) is 0.834. The van der Waals surface area contributed by atoms with Crippen LogP contribution in [0, 0.1) is 11.8 Å². The third-order valence-corrected chi connectivity index (χ3v) is 4.28. The molecule has 0 aromatic carbocycles. The van der Waals surface area contributed by atoms with E-state index in [4.69, 9.17) is 0 Å². The van der Waals surface area contributed by atoms with Gasteiger partial charge in [-0.05, 0) is 32.2 Å². The van der Waals surface area contributed by atoms with Gasteiger partial charge in [-0.3, -0.25) is 9.69 Å². The average molecular weight is 267 g/mol. The molecule has 2 fully saturated rings. The lowest BCUT2D eigenvalue weighted by Crippen LogP contribution is -2.52. The van der Waals surface area contributed by atoms with E-state index in [0.29, 0.717) is 17.9 Å². The van der Waals surface area contributed by atoms with Gasteiger partial charge in [-0.15, -0.1) is 0 Å². The smallest absolute Gasteiger partial charge is 0.225 e. The van der Waals surface area contributed by atoms with E-state index < -0.39 is 0 Å². The number of piperazine rings is 1. The molecule has 2 rings (SSSR count). The van der Waals surface area contributed by atoms with E-state index in [1.54, 1.807) is 0 Å². The Bertz CT molecular complexity index is 298. The van der Waals surface area contributed by atoms with Gasteiger partial charge in [-0.25, -0.2) is 0 Å². The molecule has 4 nitrogen and oxygen atoms in total. The Balaban J connectivity index is 1.78. The SMILES string of the molecule is CC(C)CN1CCN(C(=O)[C@H]2CCN[C@@H](C)C2)CC1. The first-order valence-electron chi connectivity index (χ1n) is 7.80. The van der Waals surface area contributed by atoms with Gasteiger partial charge in [0.15, 0.2) is 0 Å². The number of amides is 1. The lowest BCUT2D eigenvalue weighted by atomic mass is 9.92. The molecule has 0 unspecified atom stereocenters. The third kappa shape index (κ3) is 4.18. The minimum Gasteiger partial charge on any atom is -0.340 e. The molecule has 2 aliphatic rings. The summed E-state index contributed by atoms with van der Waals surface area (Å²) in [5.41, 5.74) is 0. The number of hydrogen-bond donors (Lipinski definition) is 1. The first-order valence-corrected chi connectivity index (χ1v) is 7.80. The van der Waals surface area contributed by atoms with Gasteiger partial charge in [-0.2, -0.15) is 0 Å². The van der Waals surface area contributed by atoms with Gasteiger partial charge in [0.2, 0.25) is 5.91 Å². The van der Waals surface area contributed by atoms with Gasteiger partial charge >= 0.3 is 0 Å². The van der Waals surface area contributed by atoms with Crippen LogP contribution in [0.1, 0.15) is 33.6 Å². The second-order valence-corrected chi connectivity index (χ2v) is 6.60. The van der Waals surface area contributed by atoms with Gasteiger partial charge in [-0.1, -0.05) is 13.8 Å². The fourth-order valence-corrected chi connectivity index (χ4v) is 3.28. The summed E-state index contributed by atoms with van der Waals surface area (Å²) in [5.74, 6) is 1.37. The second-order valence-electron chi connectivity index (χ2n) is 6.60. The maximum Gasteiger partial charge on any atom is 0.225 e. The number of hydrogen-bond acceptors (Lipinski definition) is 3. The molecular weight excluding hydrogens is 238 g/mol. The van der Waals surface area contributed by atoms with Gasteiger partial charge in [0.05, 0.1) is 0 Å². The zero-order chi connectivity index (χ0) is 13.8. The Morgan fingerprint density at radius 3 is 2.53 bits per heavy atom. The number of nitrogens with zero attached hydrogens (tertiary/aromatic N) is 2. The van der Waals surface area contributed by atoms with Crippen LogP contribution in [0.5, 0.6) is 0 Å². The number of carbonyl (C=O) groups is 1. The zero-order valence-electron chi connectivity index (χ0n) is 12.7. The number of piperidine rings is 1. The van der Waals surface area contributed by atoms with E-state index in [0.717, 1.165) is 52.1 Å². The Labute approximate surface area is 117 Å². The van der Waals surface area contributed by atoms with Crippen LogP contribution >= 0.6 is 0 Å². The largest absolute Gasteiger partial charge is 0.340 e. The minimum absolute atomic E-state index is 0.257. The molecule has 0 saturated carbocycles. The molecular formula is C15H29N3O. The molecule has 0 aromatic rings. The van der Waals surface area contributed by atoms with Crippen molar-refractivity contribution in [2.24, 2.45) is 11.8 Å². The van der Waals surface area contributed by atoms with Crippen molar-refractivity contribution < 1.29 is 4.79 Å². The van der Waals surface area contributed by atoms with E-state index >= 15 is 0 Å². The highest BCUT2D eigenvalue weighted by Crippen LogP contribution is 2.19. The minimum atomic E-state index is 0.257. The number of carbonyl (C=O) groups excluding carboxylic acids is 1. The maximum absolute atomic E-state index is 12.5. The number of nitrogens with one attached hydrogen (secondary N) is 1. The van der Waals surface area contributed by atoms with Crippen LogP contribution in [0.3, 0.4) is 0 Å². The molecule has 2 heterocycles. The normalized spacial score (nSPS) is 29.8. The lowest BCUT2D eigenvalue weighted by Gasteiger charge is -2.38. The molecule has 1 N–H and O–H groups in total. The van der Waals surface area contributed by atoms with E-state index in [1.165, 1.54) is 0 Å². The van der Waals surface area contributed by atoms with E-state index in [9.17, 15) is 4.79 Å². The predicted molar refractivity (Wildman–Crippen MR) is 78.0 cm³/mol. The van der Waals surface area contributed by atoms with Crippen LogP contribution in [0.15, 0.2) is 0 Å². The zero-order valence-corrected chi connectivity index (χ0v) is 12.7. The van der Waals surface area contributed by atoms with Crippen LogP contribution in [0.2, 0.25) is 0 Å². The molecule has 2 aliphatic heterocycles. The summed E-state index contributed by atoms with van der Waals surface area (Å²) in [5, 5.41) is 3.42. The third-order valence-electron chi connectivity index (χ3n) is 4.28. The van der Waals surface area contributed by atoms with Crippen molar-refractivity contribution in [1.82, 2.24) is 15.1 Å². The van der Waals surface area contributed by atoms with Crippen LogP contribution in [-0.2, 0) is 4.79 Å². The molecule has 2 atom stereocenters. The molecule has 0 bridgehead atoms. The maximum atomic E-state index is 12.5. The lowest BCUT2D eigenvalue weighted by molar-refractivity contribution is -0.138. The molecule has 0 spiro atoms. The molecule has 1 amide bonds. The topological polar surface area (TPSA) is 35.6 Å². The summed E-state index contributed by atoms with van der Waals surface area (Å²) in [6.45, 7) is 12.8. The molecule has 110 valence electrons. The summed E-state index contributed by atoms with van der Waals surface area (Å²) in [4.78, 5) is 17.1. The molecule has 0 aliphatic carbocycles. The van der Waals surface area contributed by atoms with E-state index in [-0.39, 0.29) is 5.92 Å². The summed E-state index contributed by atoms with van der Waals surface area (Å²) >= 11 is 0. The summed E-state index contributed by atoms with van der Waals surface area (Å²) in [6, 6.07) is 0.491. The van der Waals surface area contributed by atoms with Crippen LogP contribution in [0.4, 0.5) is 0 Å². The molecule has 0 aromatic heterocycles. The fraction of sp³-hybridized carbons (Fsp3) is 0.933. The van der Waals surface area contributed by atoms with Gasteiger partial charge in [0, 0.05) is 44.7 Å². The van der Waals surface area contributed by atoms with Crippen LogP contribution in [0.25, 0.3) is 0 Å². The van der Waals surface area contributed by atoms with Gasteiger partial charge < -0.3 is 10.2 Å². The standard InChI is InChI=1S/C15H29N3O/c1-12(2)11-17-6-8-18(9-7-17)15(19)14-4-5-16-13(3)10-14/h12-14,16H,4-11H2,1-3H3/t13-,14-/m0/s1. The van der Waals surface area contributed by atoms with Crippen molar-refractivity contribution in [1.29, 1.82) is 0 Å². The fourth-order valence-electron chi connectivity index (χ4n) is 3.28. The van der Waals surface area contributed by atoms with E-state index in [2.05, 4.69) is 35.9 Å². The Hall–Kier alpha value is -0.610. The summed E-state index contributed by atoms with van der Waals surface area (Å²) in [7, 11) is 0. The second kappa shape index (κ2) is 6.71. The summed E-state index contributed by atoms with van der Waals surface area (Å²) in [6.07, 6.45) is 2.01. The van der Waals surface area contributed by atoms with E-state index in [1.807, 2.05) is 0 Å². The first-order chi connectivity index (χ1) is 9.06. The number of rotatable bonds is 3. The van der Waals surface area contributed by atoms with Crippen molar-refractivity contribution in [3.05, 3.63) is 0 Å². The molecule has 19 heavy (non-hydrogen) atoms. The van der Waals surface area contributed by atoms with Crippen molar-refractivity contribution in [2.45, 2.75) is 39.7 Å². The van der Waals surface area contributed by atoms with Crippen LogP contribution in [-0.4, -0.2) is 61.0 Å². The van der Waals surface area contributed by atoms with Crippen molar-refractivity contribution in [3.63, 3.8) is 0 Å². The predicted octanol–water partition coefficient (Wildman–Crippen LogP) is 1.17. The van der Waals surface area contributed by atoms with Gasteiger partial charge in [0.1, 0.15) is 0 Å². The molecule has 4 heteroatoms. The Morgan fingerprint density at radius 2 is 1.95 bits per heavy atom. The van der Waals surface area contributed by atoms with Crippen molar-refractivity contribution in [3.8, 4) is 0 Å². The highest BCUT2D eigenvalue weighted by atomic mass is 16.2. The Kier molecular flexibility index (Phi) is 5.22. The summed E-state index contributed by atoms with van der Waals surface area (Å²) < 4.78 is 0. The van der Waals surface area contributed by atoms with Gasteiger partial charge in [0.25, 0.3) is 0 Å². The first kappa shape index (κ1) is 14.8. The monoisotopic (exact) mass is 267 g/mol. The van der Waals surface area contributed by atoms with Crippen LogP contribution < -0.4 is 5.32 Å².